The van der Waals surface area contributed by atoms with Gasteiger partial charge in [0.25, 0.3) is 0 Å². The lowest BCUT2D eigenvalue weighted by Crippen LogP contribution is -1.62. The monoisotopic (exact) mass is 68.1 g/mol. The molecule has 0 saturated heterocycles. The van der Waals surface area contributed by atoms with Crippen LogP contribution in [0.4, 0.5) is 0 Å². The third-order valence-electron chi connectivity index (χ3n) is 0.577. The minimum Gasteiger partial charge on any atom is -0.117 e. The third kappa shape index (κ3) is 3.80. The Kier molecular flexibility index (Phi) is 1.99. The number of hydrogen-bond acceptors (Lipinski definition) is 0. The maximum absolute atomic E-state index is 2.08. The van der Waals surface area contributed by atoms with Crippen LogP contribution in [0, 0.1) is 0 Å². The van der Waals surface area contributed by atoms with Crippen LogP contribution in [0.25, 0.3) is 0 Å². The smallest absolute Gasteiger partial charge is 0.117 e. The van der Waals surface area contributed by atoms with Crippen molar-refractivity contribution in [2.24, 2.45) is 0 Å². The fourth-order valence-corrected chi connectivity index (χ4v) is 0. The maximum Gasteiger partial charge on any atom is 0.133 e. The molecule has 0 radical (unpaired) electrons. The van der Waals surface area contributed by atoms with Crippen molar-refractivity contribution < 1.29 is 0 Å². The van der Waals surface area contributed by atoms with Crippen LogP contribution in [0.2, 0.25) is 0 Å². The molecule has 0 bridgehead atoms. The molecule has 0 rings (SSSR count). The number of allylic oxidation sites excluding steroid dienone is 2. The molecule has 0 aromatic carbocycles. The van der Waals surface area contributed by atoms with Crippen molar-refractivity contribution in [3.05, 3.63) is 11.5 Å². The summed E-state index contributed by atoms with van der Waals surface area (Å²) in [5.41, 5.74) is 1.38. The fraction of sp³-hybridized carbons (Fsp3) is 0.500. The number of hydrogen-bond donors (Lipinski definition) is 0. The molecule has 0 heterocycles. The van der Waals surface area contributed by atoms with Crippen molar-refractivity contribution in [1.82, 2.24) is 0 Å². The van der Waals surface area contributed by atoms with Crippen LogP contribution in [-0.4, -0.2) is 7.85 Å². The van der Waals surface area contributed by atoms with Gasteiger partial charge in [-0.15, -0.1) is 5.47 Å². The fourth-order valence-electron chi connectivity index (χ4n) is 0. The van der Waals surface area contributed by atoms with Gasteiger partial charge in [-0.3, -0.25) is 0 Å². The SMILES string of the molecule is BC(C)=CC. The minimum absolute atomic E-state index is 1.38. The molecular weight excluding hydrogens is 58.9 g/mol. The molecule has 0 aromatic rings. The highest BCUT2D eigenvalue weighted by molar-refractivity contribution is 6.21. The molecule has 0 atom stereocenters. The van der Waals surface area contributed by atoms with Gasteiger partial charge in [0.05, 0.1) is 0 Å². The molecule has 5 heavy (non-hydrogen) atoms. The van der Waals surface area contributed by atoms with E-state index in [0.717, 1.165) is 0 Å². The van der Waals surface area contributed by atoms with Crippen LogP contribution in [0.15, 0.2) is 11.5 Å². The molecule has 0 spiro atoms. The summed E-state index contributed by atoms with van der Waals surface area (Å²) in [5.74, 6) is 0. The topological polar surface area (TPSA) is 0 Å². The van der Waals surface area contributed by atoms with Crippen molar-refractivity contribution >= 4 is 7.85 Å². The summed E-state index contributed by atoms with van der Waals surface area (Å²) in [5, 5.41) is 0. The van der Waals surface area contributed by atoms with Gasteiger partial charge in [0.15, 0.2) is 0 Å². The van der Waals surface area contributed by atoms with E-state index in [2.05, 4.69) is 20.8 Å². The first-order chi connectivity index (χ1) is 2.27. The summed E-state index contributed by atoms with van der Waals surface area (Å²) in [6, 6.07) is 0. The molecule has 0 N–H and O–H groups in total. The van der Waals surface area contributed by atoms with Gasteiger partial charge in [-0.2, -0.15) is 0 Å². The summed E-state index contributed by atoms with van der Waals surface area (Å²) in [6.45, 7) is 4.12. The average Bonchev–Trinajstić information content (AvgIpc) is 1.38. The Bertz CT molecular complexity index is 41.6. The maximum atomic E-state index is 2.08. The van der Waals surface area contributed by atoms with Crippen LogP contribution >= 0.6 is 0 Å². The van der Waals surface area contributed by atoms with Crippen LogP contribution in [0.3, 0.4) is 0 Å². The van der Waals surface area contributed by atoms with E-state index in [4.69, 9.17) is 0 Å². The Morgan fingerprint density at radius 1 is 1.80 bits per heavy atom. The van der Waals surface area contributed by atoms with Crippen molar-refractivity contribution in [3.63, 3.8) is 0 Å². The predicted octanol–water partition coefficient (Wildman–Crippen LogP) is 0.543. The third-order valence-corrected chi connectivity index (χ3v) is 0.577. The van der Waals surface area contributed by atoms with Gasteiger partial charge in [0.1, 0.15) is 7.85 Å². The lowest BCUT2D eigenvalue weighted by Gasteiger charge is -1.73. The summed E-state index contributed by atoms with van der Waals surface area (Å²) in [6.07, 6.45) is 2.08. The lowest BCUT2D eigenvalue weighted by molar-refractivity contribution is 1.59. The molecule has 1 heteroatoms. The minimum atomic E-state index is 1.38. The van der Waals surface area contributed by atoms with Crippen molar-refractivity contribution in [2.45, 2.75) is 13.8 Å². The summed E-state index contributed by atoms with van der Waals surface area (Å²) >= 11 is 0. The quantitative estimate of drug-likeness (QED) is 0.363. The highest BCUT2D eigenvalue weighted by Gasteiger charge is 1.61. The molecule has 0 saturated carbocycles. The Morgan fingerprint density at radius 2 is 2.00 bits per heavy atom. The largest absolute Gasteiger partial charge is 0.133 e. The molecule has 0 amide bonds. The van der Waals surface area contributed by atoms with Gasteiger partial charge in [-0.05, 0) is 6.92 Å². The van der Waals surface area contributed by atoms with E-state index in [0.29, 0.717) is 0 Å². The van der Waals surface area contributed by atoms with Gasteiger partial charge in [0, 0.05) is 0 Å². The Balaban J connectivity index is 3.14. The van der Waals surface area contributed by atoms with E-state index in [-0.39, 0.29) is 0 Å². The molecule has 0 unspecified atom stereocenters. The normalized spacial score (nSPS) is 12.0. The lowest BCUT2D eigenvalue weighted by atomic mass is 9.98. The van der Waals surface area contributed by atoms with Gasteiger partial charge in [-0.25, -0.2) is 0 Å². The van der Waals surface area contributed by atoms with Crippen LogP contribution in [0.5, 0.6) is 0 Å². The van der Waals surface area contributed by atoms with Crippen LogP contribution < -0.4 is 0 Å². The molecular formula is C4H9B. The van der Waals surface area contributed by atoms with Crippen molar-refractivity contribution in [2.75, 3.05) is 0 Å². The summed E-state index contributed by atoms with van der Waals surface area (Å²) in [7, 11) is 2.08. The molecule has 0 aliphatic rings. The Hall–Kier alpha value is -0.195. The zero-order valence-electron chi connectivity index (χ0n) is 4.08. The van der Waals surface area contributed by atoms with Crippen molar-refractivity contribution in [1.29, 1.82) is 0 Å². The Morgan fingerprint density at radius 3 is 2.00 bits per heavy atom. The molecule has 0 aromatic heterocycles. The second kappa shape index (κ2) is 2.07. The first-order valence-electron chi connectivity index (χ1n) is 1.87. The van der Waals surface area contributed by atoms with E-state index in [1.54, 1.807) is 0 Å². The van der Waals surface area contributed by atoms with Gasteiger partial charge < -0.3 is 0 Å². The summed E-state index contributed by atoms with van der Waals surface area (Å²) < 4.78 is 0. The van der Waals surface area contributed by atoms with Crippen molar-refractivity contribution in [3.8, 4) is 0 Å². The zero-order chi connectivity index (χ0) is 4.28. The first kappa shape index (κ1) is 4.80. The molecule has 0 fully saturated rings. The second-order valence-electron chi connectivity index (χ2n) is 1.37. The van der Waals surface area contributed by atoms with Gasteiger partial charge in [-0.1, -0.05) is 13.0 Å². The molecule has 28 valence electrons. The highest BCUT2D eigenvalue weighted by atomic mass is 13.6. The Labute approximate surface area is 34.3 Å². The van der Waals surface area contributed by atoms with E-state index >= 15 is 0 Å². The first-order valence-corrected chi connectivity index (χ1v) is 1.87. The predicted molar refractivity (Wildman–Crippen MR) is 28.0 cm³/mol. The van der Waals surface area contributed by atoms with Crippen LogP contribution in [0.1, 0.15) is 13.8 Å². The standard InChI is InChI=1S/C4H9B/c1-3-4(2)5/h3H,5H2,1-2H3. The van der Waals surface area contributed by atoms with Crippen LogP contribution in [-0.2, 0) is 0 Å². The van der Waals surface area contributed by atoms with E-state index < -0.39 is 0 Å². The molecule has 0 aliphatic heterocycles. The van der Waals surface area contributed by atoms with E-state index in [1.807, 2.05) is 6.92 Å². The van der Waals surface area contributed by atoms with Gasteiger partial charge >= 0.3 is 0 Å². The molecule has 0 nitrogen and oxygen atoms in total. The molecule has 0 aliphatic carbocycles. The zero-order valence-corrected chi connectivity index (χ0v) is 4.08. The highest BCUT2D eigenvalue weighted by Crippen LogP contribution is 1.76. The van der Waals surface area contributed by atoms with E-state index in [1.165, 1.54) is 5.47 Å². The summed E-state index contributed by atoms with van der Waals surface area (Å²) in [4.78, 5) is 0. The average molecular weight is 67.9 g/mol. The second-order valence-corrected chi connectivity index (χ2v) is 1.37. The van der Waals surface area contributed by atoms with Gasteiger partial charge in [0.2, 0.25) is 0 Å². The number of rotatable bonds is 0. The van der Waals surface area contributed by atoms with E-state index in [9.17, 15) is 0 Å².